The molecule has 1 aromatic carbocycles. The van der Waals surface area contributed by atoms with Crippen LogP contribution in [0.15, 0.2) is 51.6 Å². The molecule has 4 nitrogen and oxygen atoms in total. The molecule has 1 aromatic heterocycles. The number of pyridine rings is 1. The lowest BCUT2D eigenvalue weighted by Gasteiger charge is -2.05. The first kappa shape index (κ1) is 13.6. The van der Waals surface area contributed by atoms with Crippen LogP contribution in [0.2, 0.25) is 5.02 Å². The number of aromatic nitrogens is 1. The van der Waals surface area contributed by atoms with Crippen LogP contribution in [0.25, 0.3) is 0 Å². The fourth-order valence-electron chi connectivity index (χ4n) is 1.34. The summed E-state index contributed by atoms with van der Waals surface area (Å²) >= 11 is 6.88. The number of benzene rings is 1. The van der Waals surface area contributed by atoms with Gasteiger partial charge in [0.05, 0.1) is 5.02 Å². The summed E-state index contributed by atoms with van der Waals surface area (Å²) in [7, 11) is 0. The predicted octanol–water partition coefficient (Wildman–Crippen LogP) is 3.12. The van der Waals surface area contributed by atoms with E-state index in [0.717, 1.165) is 11.8 Å². The first-order valence-electron chi connectivity index (χ1n) is 5.17. The van der Waals surface area contributed by atoms with Crippen LogP contribution in [0, 0.1) is 5.82 Å². The largest absolute Gasteiger partial charge is 0.409 e. The van der Waals surface area contributed by atoms with E-state index in [4.69, 9.17) is 22.5 Å². The van der Waals surface area contributed by atoms with E-state index in [-0.39, 0.29) is 5.84 Å². The average molecular weight is 298 g/mol. The van der Waals surface area contributed by atoms with Crippen LogP contribution in [0.1, 0.15) is 5.56 Å². The van der Waals surface area contributed by atoms with Crippen molar-refractivity contribution in [1.29, 1.82) is 0 Å². The van der Waals surface area contributed by atoms with Gasteiger partial charge < -0.3 is 10.9 Å². The highest BCUT2D eigenvalue weighted by Gasteiger charge is 2.08. The van der Waals surface area contributed by atoms with E-state index in [0.29, 0.717) is 20.5 Å². The summed E-state index contributed by atoms with van der Waals surface area (Å²) in [6.45, 7) is 0. The molecule has 0 radical (unpaired) electrons. The molecule has 0 aliphatic carbocycles. The molecule has 0 atom stereocenters. The fourth-order valence-corrected chi connectivity index (χ4v) is 2.21. The van der Waals surface area contributed by atoms with Crippen molar-refractivity contribution >= 4 is 29.2 Å². The molecule has 0 bridgehead atoms. The topological polar surface area (TPSA) is 71.5 Å². The number of rotatable bonds is 3. The number of amidine groups is 1. The molecule has 1 heterocycles. The maximum absolute atomic E-state index is 13.8. The third-order valence-corrected chi connectivity index (χ3v) is 3.48. The van der Waals surface area contributed by atoms with Gasteiger partial charge in [-0.2, -0.15) is 0 Å². The van der Waals surface area contributed by atoms with E-state index in [9.17, 15) is 4.39 Å². The Hall–Kier alpha value is -1.79. The molecule has 7 heteroatoms. The SMILES string of the molecule is NC(=NO)c1ccc(Sc2ccc(Cl)cn2)c(F)c1. The molecular weight excluding hydrogens is 289 g/mol. The summed E-state index contributed by atoms with van der Waals surface area (Å²) in [6, 6.07) is 7.69. The number of hydrogen-bond donors (Lipinski definition) is 2. The molecule has 0 amide bonds. The molecule has 19 heavy (non-hydrogen) atoms. The van der Waals surface area contributed by atoms with E-state index in [1.54, 1.807) is 24.3 Å². The lowest BCUT2D eigenvalue weighted by molar-refractivity contribution is 0.318. The lowest BCUT2D eigenvalue weighted by atomic mass is 10.2. The molecule has 0 saturated heterocycles. The van der Waals surface area contributed by atoms with Gasteiger partial charge in [-0.25, -0.2) is 9.37 Å². The first-order valence-corrected chi connectivity index (χ1v) is 6.36. The second kappa shape index (κ2) is 5.90. The van der Waals surface area contributed by atoms with Crippen molar-refractivity contribution in [2.45, 2.75) is 9.92 Å². The number of nitrogens with zero attached hydrogens (tertiary/aromatic N) is 2. The Morgan fingerprint density at radius 2 is 2.16 bits per heavy atom. The summed E-state index contributed by atoms with van der Waals surface area (Å²) < 4.78 is 13.8. The molecule has 0 fully saturated rings. The van der Waals surface area contributed by atoms with Gasteiger partial charge in [0.1, 0.15) is 10.8 Å². The zero-order chi connectivity index (χ0) is 13.8. The Labute approximate surface area is 118 Å². The predicted molar refractivity (Wildman–Crippen MR) is 72.3 cm³/mol. The third-order valence-electron chi connectivity index (χ3n) is 2.25. The highest BCUT2D eigenvalue weighted by Crippen LogP contribution is 2.29. The smallest absolute Gasteiger partial charge is 0.170 e. The molecule has 0 saturated carbocycles. The Morgan fingerprint density at radius 3 is 2.74 bits per heavy atom. The normalized spacial score (nSPS) is 11.6. The zero-order valence-corrected chi connectivity index (χ0v) is 11.1. The summed E-state index contributed by atoms with van der Waals surface area (Å²) in [6.07, 6.45) is 1.49. The van der Waals surface area contributed by atoms with Crippen molar-refractivity contribution in [3.8, 4) is 0 Å². The van der Waals surface area contributed by atoms with Crippen molar-refractivity contribution < 1.29 is 9.60 Å². The monoisotopic (exact) mass is 297 g/mol. The standard InChI is InChI=1S/C12H9ClFN3OS/c13-8-2-4-11(16-6-8)19-10-3-1-7(5-9(10)14)12(15)17-18/h1-6,18H,(H2,15,17). The van der Waals surface area contributed by atoms with Crippen molar-refractivity contribution in [2.24, 2.45) is 10.9 Å². The number of nitrogens with two attached hydrogens (primary N) is 1. The minimum atomic E-state index is -0.467. The quantitative estimate of drug-likeness (QED) is 0.395. The summed E-state index contributed by atoms with van der Waals surface area (Å²) in [5.41, 5.74) is 5.70. The van der Waals surface area contributed by atoms with Gasteiger partial charge in [-0.1, -0.05) is 28.5 Å². The number of oxime groups is 1. The highest BCUT2D eigenvalue weighted by molar-refractivity contribution is 7.99. The van der Waals surface area contributed by atoms with Crippen molar-refractivity contribution in [3.05, 3.63) is 52.9 Å². The molecule has 0 aliphatic heterocycles. The highest BCUT2D eigenvalue weighted by atomic mass is 35.5. The Bertz CT molecular complexity index is 619. The van der Waals surface area contributed by atoms with Gasteiger partial charge in [0.2, 0.25) is 0 Å². The minimum absolute atomic E-state index is 0.139. The van der Waals surface area contributed by atoms with Crippen LogP contribution in [0.4, 0.5) is 4.39 Å². The van der Waals surface area contributed by atoms with E-state index >= 15 is 0 Å². The Balaban J connectivity index is 2.24. The Morgan fingerprint density at radius 1 is 1.37 bits per heavy atom. The second-order valence-corrected chi connectivity index (χ2v) is 5.05. The first-order chi connectivity index (χ1) is 9.10. The maximum Gasteiger partial charge on any atom is 0.170 e. The van der Waals surface area contributed by atoms with Crippen molar-refractivity contribution in [3.63, 3.8) is 0 Å². The van der Waals surface area contributed by atoms with Gasteiger partial charge in [-0.05, 0) is 30.3 Å². The zero-order valence-electron chi connectivity index (χ0n) is 9.55. The number of hydrogen-bond acceptors (Lipinski definition) is 4. The van der Waals surface area contributed by atoms with Crippen LogP contribution in [-0.4, -0.2) is 16.0 Å². The molecule has 98 valence electrons. The molecular formula is C12H9ClFN3OS. The third kappa shape index (κ3) is 3.36. The summed E-state index contributed by atoms with van der Waals surface area (Å²) in [5.74, 6) is -0.606. The van der Waals surface area contributed by atoms with Gasteiger partial charge in [0.15, 0.2) is 5.84 Å². The molecule has 0 aliphatic rings. The lowest BCUT2D eigenvalue weighted by Crippen LogP contribution is -2.13. The van der Waals surface area contributed by atoms with E-state index in [1.165, 1.54) is 12.3 Å². The minimum Gasteiger partial charge on any atom is -0.409 e. The van der Waals surface area contributed by atoms with Crippen LogP contribution >= 0.6 is 23.4 Å². The second-order valence-electron chi connectivity index (χ2n) is 3.55. The number of halogens is 2. The van der Waals surface area contributed by atoms with Gasteiger partial charge in [-0.15, -0.1) is 0 Å². The summed E-state index contributed by atoms with van der Waals surface area (Å²) in [4.78, 5) is 4.46. The molecule has 0 unspecified atom stereocenters. The van der Waals surface area contributed by atoms with Crippen molar-refractivity contribution in [1.82, 2.24) is 4.98 Å². The van der Waals surface area contributed by atoms with E-state index < -0.39 is 5.82 Å². The van der Waals surface area contributed by atoms with E-state index in [1.807, 2.05) is 0 Å². The average Bonchev–Trinajstić information content (AvgIpc) is 2.42. The summed E-state index contributed by atoms with van der Waals surface area (Å²) in [5, 5.41) is 12.5. The van der Waals surface area contributed by atoms with Gasteiger partial charge >= 0.3 is 0 Å². The van der Waals surface area contributed by atoms with Crippen LogP contribution in [0.5, 0.6) is 0 Å². The van der Waals surface area contributed by atoms with Crippen LogP contribution in [-0.2, 0) is 0 Å². The van der Waals surface area contributed by atoms with Crippen molar-refractivity contribution in [2.75, 3.05) is 0 Å². The fraction of sp³-hybridized carbons (Fsp3) is 0. The molecule has 2 aromatic rings. The molecule has 0 spiro atoms. The van der Waals surface area contributed by atoms with E-state index in [2.05, 4.69) is 10.1 Å². The Kier molecular flexibility index (Phi) is 4.24. The van der Waals surface area contributed by atoms with Gasteiger partial charge in [0.25, 0.3) is 0 Å². The maximum atomic E-state index is 13.8. The molecule has 2 rings (SSSR count). The molecule has 3 N–H and O–H groups in total. The van der Waals surface area contributed by atoms with Crippen LogP contribution in [0.3, 0.4) is 0 Å². The van der Waals surface area contributed by atoms with Crippen LogP contribution < -0.4 is 5.73 Å². The van der Waals surface area contributed by atoms with Gasteiger partial charge in [-0.3, -0.25) is 0 Å². The van der Waals surface area contributed by atoms with Gasteiger partial charge in [0, 0.05) is 16.7 Å².